The van der Waals surface area contributed by atoms with Crippen LogP contribution in [0.3, 0.4) is 0 Å². The van der Waals surface area contributed by atoms with Crippen molar-refractivity contribution in [1.82, 2.24) is 4.90 Å². The molecular formula is C14H20N2O3. The van der Waals surface area contributed by atoms with Crippen molar-refractivity contribution in [2.45, 2.75) is 19.8 Å². The summed E-state index contributed by atoms with van der Waals surface area (Å²) in [5, 5.41) is 0. The van der Waals surface area contributed by atoms with Crippen molar-refractivity contribution in [3.05, 3.63) is 29.3 Å². The van der Waals surface area contributed by atoms with Crippen LogP contribution >= 0.6 is 0 Å². The number of aryl methyl sites for hydroxylation is 1. The van der Waals surface area contributed by atoms with Crippen molar-refractivity contribution in [3.8, 4) is 0 Å². The van der Waals surface area contributed by atoms with Gasteiger partial charge in [0.05, 0.1) is 7.11 Å². The Morgan fingerprint density at radius 3 is 2.63 bits per heavy atom. The number of rotatable bonds is 5. The van der Waals surface area contributed by atoms with Crippen molar-refractivity contribution in [2.24, 2.45) is 0 Å². The minimum atomic E-state index is -0.260. The van der Waals surface area contributed by atoms with Crippen molar-refractivity contribution < 1.29 is 14.3 Å². The molecule has 5 heteroatoms. The molecule has 0 radical (unpaired) electrons. The van der Waals surface area contributed by atoms with E-state index in [9.17, 15) is 9.59 Å². The standard InChI is InChI=1S/C14H20N2O3/c1-10-9-11(6-7-12(10)15)14(18)16(2)8-4-5-13(17)19-3/h6-7,9H,4-5,8,15H2,1-3H3. The van der Waals surface area contributed by atoms with Crippen LogP contribution in [-0.2, 0) is 9.53 Å². The normalized spacial score (nSPS) is 10.1. The van der Waals surface area contributed by atoms with Crippen molar-refractivity contribution >= 4 is 17.6 Å². The Kier molecular flexibility index (Phi) is 5.36. The fraction of sp³-hybridized carbons (Fsp3) is 0.429. The van der Waals surface area contributed by atoms with E-state index in [4.69, 9.17) is 5.73 Å². The Balaban J connectivity index is 2.56. The summed E-state index contributed by atoms with van der Waals surface area (Å²) in [4.78, 5) is 24.7. The number of nitrogens with two attached hydrogens (primary N) is 1. The van der Waals surface area contributed by atoms with Gasteiger partial charge in [0, 0.05) is 31.3 Å². The number of benzene rings is 1. The average molecular weight is 264 g/mol. The van der Waals surface area contributed by atoms with Crippen LogP contribution in [0, 0.1) is 6.92 Å². The summed E-state index contributed by atoms with van der Waals surface area (Å²) in [5.41, 5.74) is 7.88. The molecule has 2 N–H and O–H groups in total. The fourth-order valence-electron chi connectivity index (χ4n) is 1.69. The smallest absolute Gasteiger partial charge is 0.305 e. The molecule has 19 heavy (non-hydrogen) atoms. The fourth-order valence-corrected chi connectivity index (χ4v) is 1.69. The zero-order valence-electron chi connectivity index (χ0n) is 11.6. The SMILES string of the molecule is COC(=O)CCCN(C)C(=O)c1ccc(N)c(C)c1. The maximum atomic E-state index is 12.1. The number of carbonyl (C=O) groups is 2. The Hall–Kier alpha value is -2.04. The minimum Gasteiger partial charge on any atom is -0.469 e. The lowest BCUT2D eigenvalue weighted by Crippen LogP contribution is -2.28. The van der Waals surface area contributed by atoms with Crippen LogP contribution < -0.4 is 5.73 Å². The molecule has 0 bridgehead atoms. The Bertz CT molecular complexity index is 472. The quantitative estimate of drug-likeness (QED) is 0.647. The summed E-state index contributed by atoms with van der Waals surface area (Å²) in [6.45, 7) is 2.38. The number of nitrogens with zero attached hydrogens (tertiary/aromatic N) is 1. The van der Waals surface area contributed by atoms with Crippen LogP contribution in [0.4, 0.5) is 5.69 Å². The molecule has 1 rings (SSSR count). The molecule has 1 aromatic carbocycles. The summed E-state index contributed by atoms with van der Waals surface area (Å²) in [7, 11) is 3.07. The lowest BCUT2D eigenvalue weighted by atomic mass is 10.1. The van der Waals surface area contributed by atoms with Gasteiger partial charge in [0.1, 0.15) is 0 Å². The molecule has 0 atom stereocenters. The monoisotopic (exact) mass is 264 g/mol. The maximum absolute atomic E-state index is 12.1. The first kappa shape index (κ1) is 15.0. The van der Waals surface area contributed by atoms with E-state index in [2.05, 4.69) is 4.74 Å². The van der Waals surface area contributed by atoms with Gasteiger partial charge in [-0.3, -0.25) is 9.59 Å². The molecule has 0 aliphatic rings. The van der Waals surface area contributed by atoms with Gasteiger partial charge in [0.15, 0.2) is 0 Å². The van der Waals surface area contributed by atoms with Crippen LogP contribution in [-0.4, -0.2) is 37.5 Å². The maximum Gasteiger partial charge on any atom is 0.305 e. The second-order valence-electron chi connectivity index (χ2n) is 4.48. The van der Waals surface area contributed by atoms with Gasteiger partial charge in [0.25, 0.3) is 5.91 Å². The van der Waals surface area contributed by atoms with E-state index in [0.717, 1.165) is 5.56 Å². The van der Waals surface area contributed by atoms with Gasteiger partial charge < -0.3 is 15.4 Å². The number of nitrogen functional groups attached to an aromatic ring is 1. The van der Waals surface area contributed by atoms with Gasteiger partial charge in [-0.15, -0.1) is 0 Å². The Morgan fingerprint density at radius 2 is 2.05 bits per heavy atom. The van der Waals surface area contributed by atoms with E-state index in [1.54, 1.807) is 30.1 Å². The number of anilines is 1. The topological polar surface area (TPSA) is 72.6 Å². The van der Waals surface area contributed by atoms with Crippen LogP contribution in [0.25, 0.3) is 0 Å². The zero-order chi connectivity index (χ0) is 14.4. The van der Waals surface area contributed by atoms with Gasteiger partial charge in [-0.1, -0.05) is 0 Å². The van der Waals surface area contributed by atoms with E-state index >= 15 is 0 Å². The van der Waals surface area contributed by atoms with E-state index in [-0.39, 0.29) is 11.9 Å². The summed E-state index contributed by atoms with van der Waals surface area (Å²) in [6, 6.07) is 5.21. The van der Waals surface area contributed by atoms with Gasteiger partial charge in [-0.2, -0.15) is 0 Å². The number of hydrogen-bond donors (Lipinski definition) is 1. The Labute approximate surface area is 113 Å². The highest BCUT2D eigenvalue weighted by Crippen LogP contribution is 2.14. The molecule has 5 nitrogen and oxygen atoms in total. The van der Waals surface area contributed by atoms with Crippen LogP contribution in [0.5, 0.6) is 0 Å². The van der Waals surface area contributed by atoms with Crippen LogP contribution in [0.15, 0.2) is 18.2 Å². The summed E-state index contributed by atoms with van der Waals surface area (Å²) in [5.74, 6) is -0.336. The number of amides is 1. The molecule has 1 amide bonds. The van der Waals surface area contributed by atoms with Crippen molar-refractivity contribution in [1.29, 1.82) is 0 Å². The van der Waals surface area contributed by atoms with Gasteiger partial charge in [0.2, 0.25) is 0 Å². The lowest BCUT2D eigenvalue weighted by Gasteiger charge is -2.17. The second-order valence-corrected chi connectivity index (χ2v) is 4.48. The Morgan fingerprint density at radius 1 is 1.37 bits per heavy atom. The van der Waals surface area contributed by atoms with Crippen LogP contribution in [0.1, 0.15) is 28.8 Å². The van der Waals surface area contributed by atoms with Crippen LogP contribution in [0.2, 0.25) is 0 Å². The summed E-state index contributed by atoms with van der Waals surface area (Å²) < 4.78 is 4.55. The molecule has 0 unspecified atom stereocenters. The van der Waals surface area contributed by atoms with E-state index < -0.39 is 0 Å². The highest BCUT2D eigenvalue weighted by molar-refractivity contribution is 5.94. The summed E-state index contributed by atoms with van der Waals surface area (Å²) in [6.07, 6.45) is 0.901. The zero-order valence-corrected chi connectivity index (χ0v) is 11.6. The van der Waals surface area contributed by atoms with E-state index in [1.807, 2.05) is 6.92 Å². The third-order valence-corrected chi connectivity index (χ3v) is 2.97. The molecule has 0 aliphatic carbocycles. The first-order chi connectivity index (χ1) is 8.95. The predicted octanol–water partition coefficient (Wildman–Crippen LogP) is 1.60. The molecule has 104 valence electrons. The molecule has 0 heterocycles. The third kappa shape index (κ3) is 4.28. The van der Waals surface area contributed by atoms with Crippen molar-refractivity contribution in [3.63, 3.8) is 0 Å². The molecule has 0 aliphatic heterocycles. The van der Waals surface area contributed by atoms with Gasteiger partial charge >= 0.3 is 5.97 Å². The van der Waals surface area contributed by atoms with Crippen molar-refractivity contribution in [2.75, 3.05) is 26.4 Å². The molecule has 0 aromatic heterocycles. The van der Waals surface area contributed by atoms with E-state index in [1.165, 1.54) is 7.11 Å². The van der Waals surface area contributed by atoms with E-state index in [0.29, 0.717) is 30.6 Å². The number of hydrogen-bond acceptors (Lipinski definition) is 4. The van der Waals surface area contributed by atoms with Gasteiger partial charge in [-0.05, 0) is 37.1 Å². The number of carbonyl (C=O) groups excluding carboxylic acids is 2. The van der Waals surface area contributed by atoms with Gasteiger partial charge in [-0.25, -0.2) is 0 Å². The first-order valence-corrected chi connectivity index (χ1v) is 6.14. The lowest BCUT2D eigenvalue weighted by molar-refractivity contribution is -0.140. The molecule has 0 saturated heterocycles. The predicted molar refractivity (Wildman–Crippen MR) is 73.8 cm³/mol. The highest BCUT2D eigenvalue weighted by atomic mass is 16.5. The number of ether oxygens (including phenoxy) is 1. The second kappa shape index (κ2) is 6.78. The molecule has 0 saturated carbocycles. The largest absolute Gasteiger partial charge is 0.469 e. The number of esters is 1. The molecule has 0 fully saturated rings. The average Bonchev–Trinajstić information content (AvgIpc) is 2.40. The highest BCUT2D eigenvalue weighted by Gasteiger charge is 2.12. The minimum absolute atomic E-state index is 0.0760. The third-order valence-electron chi connectivity index (χ3n) is 2.97. The molecule has 0 spiro atoms. The molecule has 1 aromatic rings. The summed E-state index contributed by atoms with van der Waals surface area (Å²) >= 11 is 0. The molecular weight excluding hydrogens is 244 g/mol. The first-order valence-electron chi connectivity index (χ1n) is 6.14. The number of methoxy groups -OCH3 is 1.